The molecule has 0 amide bonds. The zero-order valence-electron chi connectivity index (χ0n) is 76.2. The third-order valence-electron chi connectivity index (χ3n) is 21.6. The largest absolute Gasteiger partial charge is 2.00 e. The first kappa shape index (κ1) is 107. The van der Waals surface area contributed by atoms with Gasteiger partial charge in [-0.2, -0.15) is 15.5 Å². The fourth-order valence-electron chi connectivity index (χ4n) is 15.1. The number of nitriles is 1. The topological polar surface area (TPSA) is 125 Å². The second kappa shape index (κ2) is 58.4. The molecule has 18 aromatic rings. The summed E-state index contributed by atoms with van der Waals surface area (Å²) in [5.41, 5.74) is 6.95. The fraction of sp³-hybridized carbons (Fsp3) is 0.103. The number of benzene rings is 16. The Labute approximate surface area is 848 Å². The molecule has 672 valence electrons. The second-order valence-electron chi connectivity index (χ2n) is 30.7. The molecule has 0 aliphatic rings. The van der Waals surface area contributed by atoms with E-state index >= 15 is 0 Å². The molecule has 0 radical (unpaired) electrons. The molecule has 135 heavy (non-hydrogen) atoms. The molecular weight excluding hydrogens is 1980 g/mol. The molecule has 18 heteroatoms. The van der Waals surface area contributed by atoms with Crippen molar-refractivity contribution < 1.29 is 49.4 Å². The normalized spacial score (nSPS) is 11.2. The molecule has 2 heterocycles. The monoisotopic (exact) mass is 2080 g/mol. The standard InChI is InChI=1S/C22H22ClN3O.C21H22BrClN2O.4C18H15P.2CN.Pd.Zn/c1-15(18-5-4-6-19(23)12-18)11-16(2)21-13-22(27-3)26(25-21)20-9-7-17(14-24)8-10-20;1-14(16-5-4-6-18(23)12-16)11-15(2)20-13-21(26-3)25(24-20)19-9-7-17(22)8-10-19;4*1-4-10-16(11-5-1)19(17-12-6-2-7-13-17)18-14-8-3-9-15-18;2*1-2;;/h4-10,12-13,15-16H,11H2,1-3H3;4-10,12-15H,11H2,1-3H3;4*1-15H;;;;/q;;;;;;2*-1;;+2/t15-,16?;14-,15?;;;;;;;;/m00......../s1. The van der Waals surface area contributed by atoms with Crippen LogP contribution < -0.4 is 73.1 Å². The van der Waals surface area contributed by atoms with Crippen molar-refractivity contribution in [3.05, 3.63) is 529 Å². The van der Waals surface area contributed by atoms with Crippen molar-refractivity contribution in [1.82, 2.24) is 19.6 Å². The van der Waals surface area contributed by atoms with E-state index in [-0.39, 0.29) is 45.8 Å². The molecule has 18 rings (SSSR count). The zero-order valence-corrected chi connectivity index (χ0v) is 87.3. The first-order valence-corrected chi connectivity index (χ1v) is 50.5. The Bertz CT molecular complexity index is 5610. The number of aromatic nitrogens is 4. The van der Waals surface area contributed by atoms with Crippen molar-refractivity contribution in [2.75, 3.05) is 14.2 Å². The van der Waals surface area contributed by atoms with Gasteiger partial charge >= 0.3 is 19.5 Å². The van der Waals surface area contributed by atoms with Crippen LogP contribution in [0.5, 0.6) is 11.8 Å². The van der Waals surface area contributed by atoms with Gasteiger partial charge in [-0.15, -0.1) is 0 Å². The van der Waals surface area contributed by atoms with Gasteiger partial charge in [0.1, 0.15) is 0 Å². The molecule has 2 aromatic heterocycles. The van der Waals surface area contributed by atoms with Gasteiger partial charge in [-0.3, -0.25) is 0 Å². The van der Waals surface area contributed by atoms with Crippen LogP contribution in [-0.4, -0.2) is 33.8 Å². The Morgan fingerprint density at radius 1 is 0.296 bits per heavy atom. The number of halogens is 3. The van der Waals surface area contributed by atoms with E-state index in [4.69, 9.17) is 71.8 Å². The summed E-state index contributed by atoms with van der Waals surface area (Å²) < 4.78 is 15.7. The molecule has 0 aliphatic carbocycles. The summed E-state index contributed by atoms with van der Waals surface area (Å²) in [6.07, 6.45) is 1.94. The molecule has 9 nitrogen and oxygen atoms in total. The minimum absolute atomic E-state index is 0. The SMILES string of the molecule is COc1cc(C(C)C[C@H](C)c2cccc(Cl)c2)nn1-c1ccc(Br)cc1.COc1cc(C(C)C[C@H](C)c2cccc(Cl)c2)nn1-c1ccc(C#N)cc1.[C-]#N.[C-]#N.[Pd].[Zn+2].c1ccc(P(c2ccccc2)c2ccccc2)cc1.c1ccc(P(c2ccccc2)c2ccccc2)cc1.c1ccc(P(c2ccccc2)c2ccccc2)cc1.c1ccc(P(c2ccccc2)c2ccccc2)cc1. The summed E-state index contributed by atoms with van der Waals surface area (Å²) in [5, 5.41) is 49.3. The van der Waals surface area contributed by atoms with Crippen LogP contribution in [0.2, 0.25) is 10.0 Å². The average molecular weight is 2090 g/mol. The summed E-state index contributed by atoms with van der Waals surface area (Å²) in [7, 11) is 1.53. The summed E-state index contributed by atoms with van der Waals surface area (Å²) in [4.78, 5) is 0. The van der Waals surface area contributed by atoms with E-state index < -0.39 is 31.7 Å². The van der Waals surface area contributed by atoms with E-state index in [1.165, 1.54) is 74.8 Å². The van der Waals surface area contributed by atoms with Crippen molar-refractivity contribution in [2.45, 2.75) is 64.2 Å². The molecule has 2 unspecified atom stereocenters. The third-order valence-corrected chi connectivity index (χ3v) is 32.3. The van der Waals surface area contributed by atoms with Gasteiger partial charge in [-0.25, -0.2) is 9.36 Å². The van der Waals surface area contributed by atoms with E-state index in [0.29, 0.717) is 29.2 Å². The molecule has 0 saturated heterocycles. The second-order valence-corrected chi connectivity index (χ2v) is 41.4. The minimum atomic E-state index is -0.446. The molecule has 0 saturated carbocycles. The molecule has 0 N–H and O–H groups in total. The first-order valence-electron chi connectivity index (χ1n) is 43.6. The fourth-order valence-corrected chi connectivity index (χ4v) is 25.0. The number of methoxy groups -OCH3 is 2. The van der Waals surface area contributed by atoms with Crippen LogP contribution in [0.15, 0.2) is 478 Å². The molecular formula is C117H104BrCl2N7O2P4PdZn. The van der Waals surface area contributed by atoms with Gasteiger partial charge in [0, 0.05) is 58.9 Å². The van der Waals surface area contributed by atoms with Crippen LogP contribution in [0.25, 0.3) is 11.4 Å². The third kappa shape index (κ3) is 32.1. The molecule has 4 atom stereocenters. The van der Waals surface area contributed by atoms with Gasteiger partial charge in [0.05, 0.1) is 48.6 Å². The van der Waals surface area contributed by atoms with Gasteiger partial charge in [0.2, 0.25) is 11.8 Å². The Kier molecular flexibility index (Phi) is 46.2. The maximum absolute atomic E-state index is 8.97. The molecule has 16 aromatic carbocycles. The predicted molar refractivity (Wildman–Crippen MR) is 569 cm³/mol. The van der Waals surface area contributed by atoms with Gasteiger partial charge in [0.25, 0.3) is 0 Å². The summed E-state index contributed by atoms with van der Waals surface area (Å²) in [6, 6.07) is 167. The van der Waals surface area contributed by atoms with E-state index in [0.717, 1.165) is 56.0 Å². The molecule has 0 spiro atoms. The van der Waals surface area contributed by atoms with E-state index in [2.05, 4.69) is 426 Å². The van der Waals surface area contributed by atoms with Crippen LogP contribution in [0.1, 0.15) is 92.3 Å². The van der Waals surface area contributed by atoms with Crippen molar-refractivity contribution in [3.63, 3.8) is 0 Å². The average Bonchev–Trinajstić information content (AvgIpc) is 1.29. The van der Waals surface area contributed by atoms with Gasteiger partial charge in [-0.1, -0.05) is 455 Å². The number of hydrogen-bond acceptors (Lipinski definition) is 7. The number of hydrogen-bond donors (Lipinski definition) is 0. The summed E-state index contributed by atoms with van der Waals surface area (Å²) in [5.74, 6) is 2.74. The number of ether oxygens (including phenoxy) is 2. The van der Waals surface area contributed by atoms with Crippen LogP contribution in [-0.2, 0) is 39.9 Å². The van der Waals surface area contributed by atoms with Crippen LogP contribution in [0.4, 0.5) is 0 Å². The van der Waals surface area contributed by atoms with E-state index in [1.54, 1.807) is 31.0 Å². The first-order chi connectivity index (χ1) is 65.3. The van der Waals surface area contributed by atoms with Crippen LogP contribution in [0, 0.1) is 35.0 Å². The number of rotatable bonds is 24. The minimum Gasteiger partial charge on any atom is -0.512 e. The molecule has 0 fully saturated rings. The summed E-state index contributed by atoms with van der Waals surface area (Å²) in [6.45, 7) is 18.3. The van der Waals surface area contributed by atoms with E-state index in [1.807, 2.05) is 89.6 Å². The predicted octanol–water partition coefficient (Wildman–Crippen LogP) is 26.3. The quantitative estimate of drug-likeness (QED) is 0.0335. The van der Waals surface area contributed by atoms with Crippen molar-refractivity contribution in [1.29, 1.82) is 15.8 Å². The Balaban J connectivity index is 0.000000181. The van der Waals surface area contributed by atoms with Gasteiger partial charge in [0.15, 0.2) is 0 Å². The van der Waals surface area contributed by atoms with Crippen molar-refractivity contribution in [2.24, 2.45) is 0 Å². The maximum Gasteiger partial charge on any atom is 2.00 e. The molecule has 0 aliphatic heterocycles. The smallest absolute Gasteiger partial charge is 0.512 e. The van der Waals surface area contributed by atoms with Gasteiger partial charge < -0.3 is 33.1 Å². The number of nitrogens with zero attached hydrogens (tertiary/aromatic N) is 7. The van der Waals surface area contributed by atoms with Crippen molar-refractivity contribution in [3.8, 4) is 29.2 Å². The van der Waals surface area contributed by atoms with Crippen LogP contribution in [0.3, 0.4) is 0 Å². The Hall–Kier alpha value is -11.9. The summed E-state index contributed by atoms with van der Waals surface area (Å²) >= 11 is 15.7. The zero-order chi connectivity index (χ0) is 93.7. The maximum atomic E-state index is 8.97. The Morgan fingerprint density at radius 3 is 0.681 bits per heavy atom. The van der Waals surface area contributed by atoms with Crippen LogP contribution >= 0.6 is 70.8 Å². The molecule has 0 bridgehead atoms. The Morgan fingerprint density at radius 2 is 0.496 bits per heavy atom. The van der Waals surface area contributed by atoms with Gasteiger partial charge in [-0.05, 0) is 204 Å². The van der Waals surface area contributed by atoms with Crippen molar-refractivity contribution >= 4 is 134 Å². The van der Waals surface area contributed by atoms with E-state index in [9.17, 15) is 0 Å².